The van der Waals surface area contributed by atoms with Crippen molar-refractivity contribution in [1.82, 2.24) is 14.8 Å². The van der Waals surface area contributed by atoms with Crippen molar-refractivity contribution in [2.24, 2.45) is 0 Å². The SMILES string of the molecule is CCOC(=O)c1cccn1Cc1nnc(C)o1. The molecule has 0 N–H and O–H groups in total. The van der Waals surface area contributed by atoms with Crippen molar-refractivity contribution in [2.75, 3.05) is 6.61 Å². The van der Waals surface area contributed by atoms with Crippen molar-refractivity contribution >= 4 is 5.97 Å². The molecular weight excluding hydrogens is 222 g/mol. The first kappa shape index (κ1) is 11.4. The van der Waals surface area contributed by atoms with Crippen LogP contribution in [-0.2, 0) is 11.3 Å². The first-order valence-corrected chi connectivity index (χ1v) is 5.32. The maximum absolute atomic E-state index is 11.6. The van der Waals surface area contributed by atoms with Gasteiger partial charge in [0.2, 0.25) is 11.8 Å². The third kappa shape index (κ3) is 2.52. The minimum atomic E-state index is -0.353. The summed E-state index contributed by atoms with van der Waals surface area (Å²) in [5, 5.41) is 7.61. The number of esters is 1. The zero-order chi connectivity index (χ0) is 12.3. The van der Waals surface area contributed by atoms with Gasteiger partial charge in [0.25, 0.3) is 0 Å². The summed E-state index contributed by atoms with van der Waals surface area (Å²) >= 11 is 0. The number of hydrogen-bond donors (Lipinski definition) is 0. The van der Waals surface area contributed by atoms with Crippen LogP contribution in [0, 0.1) is 6.92 Å². The monoisotopic (exact) mass is 235 g/mol. The van der Waals surface area contributed by atoms with Crippen LogP contribution in [0.4, 0.5) is 0 Å². The fourth-order valence-corrected chi connectivity index (χ4v) is 1.49. The van der Waals surface area contributed by atoms with E-state index < -0.39 is 0 Å². The van der Waals surface area contributed by atoms with Gasteiger partial charge in [0.05, 0.1) is 6.61 Å². The van der Waals surface area contributed by atoms with Gasteiger partial charge >= 0.3 is 5.97 Å². The standard InChI is InChI=1S/C11H13N3O3/c1-3-16-11(15)9-5-4-6-14(9)7-10-13-12-8(2)17-10/h4-6H,3,7H2,1-2H3. The molecular formula is C11H13N3O3. The first-order valence-electron chi connectivity index (χ1n) is 5.32. The van der Waals surface area contributed by atoms with Gasteiger partial charge < -0.3 is 13.7 Å². The lowest BCUT2D eigenvalue weighted by Gasteiger charge is -2.05. The van der Waals surface area contributed by atoms with E-state index in [1.165, 1.54) is 0 Å². The Morgan fingerprint density at radius 3 is 3.00 bits per heavy atom. The molecule has 0 aliphatic carbocycles. The molecule has 0 aliphatic rings. The first-order chi connectivity index (χ1) is 8.20. The van der Waals surface area contributed by atoms with E-state index in [9.17, 15) is 4.79 Å². The minimum Gasteiger partial charge on any atom is -0.461 e. The van der Waals surface area contributed by atoms with Gasteiger partial charge in [-0.3, -0.25) is 0 Å². The topological polar surface area (TPSA) is 70.2 Å². The van der Waals surface area contributed by atoms with Crippen LogP contribution >= 0.6 is 0 Å². The summed E-state index contributed by atoms with van der Waals surface area (Å²) in [7, 11) is 0. The maximum atomic E-state index is 11.6. The van der Waals surface area contributed by atoms with Gasteiger partial charge in [0.1, 0.15) is 12.2 Å². The number of aromatic nitrogens is 3. The summed E-state index contributed by atoms with van der Waals surface area (Å²) in [6.45, 7) is 4.20. The summed E-state index contributed by atoms with van der Waals surface area (Å²) < 4.78 is 11.9. The Morgan fingerprint density at radius 2 is 2.35 bits per heavy atom. The van der Waals surface area contributed by atoms with E-state index in [1.54, 1.807) is 36.7 Å². The molecule has 0 radical (unpaired) electrons. The van der Waals surface area contributed by atoms with E-state index in [0.29, 0.717) is 30.6 Å². The van der Waals surface area contributed by atoms with Crippen molar-refractivity contribution < 1.29 is 13.9 Å². The molecule has 17 heavy (non-hydrogen) atoms. The fourth-order valence-electron chi connectivity index (χ4n) is 1.49. The molecule has 0 saturated heterocycles. The van der Waals surface area contributed by atoms with Crippen LogP contribution in [0.5, 0.6) is 0 Å². The quantitative estimate of drug-likeness (QED) is 0.749. The van der Waals surface area contributed by atoms with E-state index in [0.717, 1.165) is 0 Å². The molecule has 0 bridgehead atoms. The number of ether oxygens (including phenoxy) is 1. The molecule has 2 rings (SSSR count). The number of carbonyl (C=O) groups excluding carboxylic acids is 1. The highest BCUT2D eigenvalue weighted by Crippen LogP contribution is 2.08. The second kappa shape index (κ2) is 4.82. The molecule has 0 unspecified atom stereocenters. The Hall–Kier alpha value is -2.11. The van der Waals surface area contributed by atoms with Gasteiger partial charge in [0, 0.05) is 13.1 Å². The molecule has 2 heterocycles. The maximum Gasteiger partial charge on any atom is 0.354 e. The van der Waals surface area contributed by atoms with Gasteiger partial charge in [-0.05, 0) is 19.1 Å². The predicted octanol–water partition coefficient (Wildman–Crippen LogP) is 1.40. The zero-order valence-electron chi connectivity index (χ0n) is 9.71. The molecule has 0 aromatic carbocycles. The summed E-state index contributed by atoms with van der Waals surface area (Å²) in [4.78, 5) is 11.6. The summed E-state index contributed by atoms with van der Waals surface area (Å²) in [5.74, 6) is 0.614. The normalized spacial score (nSPS) is 10.5. The number of carbonyl (C=O) groups is 1. The highest BCUT2D eigenvalue weighted by atomic mass is 16.5. The summed E-state index contributed by atoms with van der Waals surface area (Å²) in [6.07, 6.45) is 1.77. The van der Waals surface area contributed by atoms with Gasteiger partial charge in [-0.25, -0.2) is 4.79 Å². The number of nitrogens with zero attached hydrogens (tertiary/aromatic N) is 3. The predicted molar refractivity (Wildman–Crippen MR) is 58.5 cm³/mol. The van der Waals surface area contributed by atoms with E-state index in [4.69, 9.17) is 9.15 Å². The molecule has 0 saturated carbocycles. The van der Waals surface area contributed by atoms with Crippen molar-refractivity contribution in [3.8, 4) is 0 Å². The molecule has 0 amide bonds. The third-order valence-corrected chi connectivity index (χ3v) is 2.19. The van der Waals surface area contributed by atoms with Crippen LogP contribution in [0.1, 0.15) is 29.2 Å². The van der Waals surface area contributed by atoms with Crippen LogP contribution in [0.25, 0.3) is 0 Å². The van der Waals surface area contributed by atoms with Crippen molar-refractivity contribution in [3.05, 3.63) is 35.8 Å². The van der Waals surface area contributed by atoms with E-state index in [1.807, 2.05) is 0 Å². The summed E-state index contributed by atoms with van der Waals surface area (Å²) in [6, 6.07) is 3.47. The summed E-state index contributed by atoms with van der Waals surface area (Å²) in [5.41, 5.74) is 0.475. The average Bonchev–Trinajstić information content (AvgIpc) is 2.89. The van der Waals surface area contributed by atoms with Crippen molar-refractivity contribution in [1.29, 1.82) is 0 Å². The molecule has 0 fully saturated rings. The lowest BCUT2D eigenvalue weighted by Crippen LogP contribution is -2.12. The molecule has 6 heteroatoms. The Kier molecular flexibility index (Phi) is 3.22. The van der Waals surface area contributed by atoms with Crippen LogP contribution in [0.2, 0.25) is 0 Å². The van der Waals surface area contributed by atoms with E-state index in [-0.39, 0.29) is 5.97 Å². The second-order valence-electron chi connectivity index (χ2n) is 3.46. The second-order valence-corrected chi connectivity index (χ2v) is 3.46. The van der Waals surface area contributed by atoms with Gasteiger partial charge in [-0.2, -0.15) is 0 Å². The number of rotatable bonds is 4. The van der Waals surface area contributed by atoms with Gasteiger partial charge in [-0.15, -0.1) is 10.2 Å². The fraction of sp³-hybridized carbons (Fsp3) is 0.364. The smallest absolute Gasteiger partial charge is 0.354 e. The highest BCUT2D eigenvalue weighted by Gasteiger charge is 2.13. The van der Waals surface area contributed by atoms with Crippen LogP contribution in [0.3, 0.4) is 0 Å². The number of aryl methyl sites for hydroxylation is 1. The Labute approximate surface area is 98.2 Å². The lowest BCUT2D eigenvalue weighted by molar-refractivity contribution is 0.0514. The minimum absolute atomic E-state index is 0.351. The Morgan fingerprint density at radius 1 is 1.53 bits per heavy atom. The molecule has 0 aliphatic heterocycles. The van der Waals surface area contributed by atoms with Crippen molar-refractivity contribution in [3.63, 3.8) is 0 Å². The Balaban J connectivity index is 2.16. The van der Waals surface area contributed by atoms with E-state index in [2.05, 4.69) is 10.2 Å². The molecule has 2 aromatic rings. The number of hydrogen-bond acceptors (Lipinski definition) is 5. The molecule has 6 nitrogen and oxygen atoms in total. The lowest BCUT2D eigenvalue weighted by atomic mass is 10.4. The molecule has 2 aromatic heterocycles. The van der Waals surface area contributed by atoms with Crippen LogP contribution in [-0.4, -0.2) is 27.3 Å². The van der Waals surface area contributed by atoms with Gasteiger partial charge in [0.15, 0.2) is 0 Å². The highest BCUT2D eigenvalue weighted by molar-refractivity contribution is 5.87. The molecule has 0 atom stereocenters. The van der Waals surface area contributed by atoms with Crippen LogP contribution in [0.15, 0.2) is 22.7 Å². The zero-order valence-corrected chi connectivity index (χ0v) is 9.71. The molecule has 0 spiro atoms. The molecule has 90 valence electrons. The largest absolute Gasteiger partial charge is 0.461 e. The van der Waals surface area contributed by atoms with Crippen molar-refractivity contribution in [2.45, 2.75) is 20.4 Å². The Bertz CT molecular complexity index is 516. The average molecular weight is 235 g/mol. The van der Waals surface area contributed by atoms with E-state index >= 15 is 0 Å². The third-order valence-electron chi connectivity index (χ3n) is 2.19. The van der Waals surface area contributed by atoms with Gasteiger partial charge in [-0.1, -0.05) is 0 Å². The van der Waals surface area contributed by atoms with Crippen LogP contribution < -0.4 is 0 Å².